The summed E-state index contributed by atoms with van der Waals surface area (Å²) in [4.78, 5) is 13.3. The molecule has 1 aliphatic rings. The highest BCUT2D eigenvalue weighted by molar-refractivity contribution is 5.70. The Morgan fingerprint density at radius 2 is 2.11 bits per heavy atom. The van der Waals surface area contributed by atoms with Crippen molar-refractivity contribution in [1.82, 2.24) is 4.90 Å². The van der Waals surface area contributed by atoms with Crippen molar-refractivity contribution >= 4 is 6.09 Å². The molecular weight excluding hydrogens is 242 g/mol. The number of benzene rings is 1. The van der Waals surface area contributed by atoms with Gasteiger partial charge in [-0.15, -0.1) is 0 Å². The average molecular weight is 261 g/mol. The van der Waals surface area contributed by atoms with Gasteiger partial charge in [-0.25, -0.2) is 4.79 Å². The van der Waals surface area contributed by atoms with Gasteiger partial charge in [0, 0.05) is 18.7 Å². The van der Waals surface area contributed by atoms with Crippen LogP contribution in [0, 0.1) is 0 Å². The standard InChI is InChI=1S/C15H19NO3/c1-3-18-15(17)16-10-14(9-12(16)2)19-11-13-7-5-4-6-8-13/h4-8,10,12H,3,9,11H2,1-2H3. The molecule has 0 bridgehead atoms. The van der Waals surface area contributed by atoms with Crippen molar-refractivity contribution < 1.29 is 14.3 Å². The van der Waals surface area contributed by atoms with E-state index in [1.807, 2.05) is 37.3 Å². The molecule has 1 heterocycles. The van der Waals surface area contributed by atoms with Crippen LogP contribution in [0.3, 0.4) is 0 Å². The van der Waals surface area contributed by atoms with Crippen LogP contribution in [0.25, 0.3) is 0 Å². The molecule has 1 unspecified atom stereocenters. The Balaban J connectivity index is 1.91. The van der Waals surface area contributed by atoms with Gasteiger partial charge in [0.2, 0.25) is 0 Å². The van der Waals surface area contributed by atoms with E-state index in [-0.39, 0.29) is 12.1 Å². The Labute approximate surface area is 113 Å². The highest BCUT2D eigenvalue weighted by atomic mass is 16.6. The van der Waals surface area contributed by atoms with Gasteiger partial charge in [-0.3, -0.25) is 4.90 Å². The second-order valence-electron chi connectivity index (χ2n) is 4.53. The third-order valence-electron chi connectivity index (χ3n) is 3.00. The largest absolute Gasteiger partial charge is 0.492 e. The molecule has 4 nitrogen and oxygen atoms in total. The molecule has 0 aliphatic carbocycles. The minimum Gasteiger partial charge on any atom is -0.492 e. The van der Waals surface area contributed by atoms with Gasteiger partial charge in [-0.1, -0.05) is 30.3 Å². The number of amides is 1. The van der Waals surface area contributed by atoms with E-state index in [1.165, 1.54) is 0 Å². The molecule has 0 aromatic heterocycles. The SMILES string of the molecule is CCOC(=O)N1C=C(OCc2ccccc2)CC1C. The average Bonchev–Trinajstić information content (AvgIpc) is 2.79. The Morgan fingerprint density at radius 3 is 2.79 bits per heavy atom. The van der Waals surface area contributed by atoms with Crippen molar-refractivity contribution in [1.29, 1.82) is 0 Å². The quantitative estimate of drug-likeness (QED) is 0.834. The number of hydrogen-bond donors (Lipinski definition) is 0. The molecule has 1 amide bonds. The van der Waals surface area contributed by atoms with Crippen molar-refractivity contribution in [3.63, 3.8) is 0 Å². The normalized spacial score (nSPS) is 18.1. The molecule has 0 radical (unpaired) electrons. The van der Waals surface area contributed by atoms with Crippen LogP contribution in [-0.2, 0) is 16.1 Å². The van der Waals surface area contributed by atoms with Crippen LogP contribution in [0.4, 0.5) is 4.79 Å². The number of rotatable bonds is 4. The van der Waals surface area contributed by atoms with E-state index in [2.05, 4.69) is 0 Å². The van der Waals surface area contributed by atoms with Crippen LogP contribution in [0.1, 0.15) is 25.8 Å². The van der Waals surface area contributed by atoms with E-state index >= 15 is 0 Å². The van der Waals surface area contributed by atoms with Crippen LogP contribution in [0.5, 0.6) is 0 Å². The number of carbonyl (C=O) groups excluding carboxylic acids is 1. The minimum atomic E-state index is -0.312. The van der Waals surface area contributed by atoms with Crippen LogP contribution in [0.2, 0.25) is 0 Å². The summed E-state index contributed by atoms with van der Waals surface area (Å²) in [6.45, 7) is 4.69. The molecule has 1 aliphatic heterocycles. The Morgan fingerprint density at radius 1 is 1.37 bits per heavy atom. The van der Waals surface area contributed by atoms with Crippen molar-refractivity contribution in [3.05, 3.63) is 47.9 Å². The molecule has 1 atom stereocenters. The number of carbonyl (C=O) groups is 1. The Bertz CT molecular complexity index is 456. The van der Waals surface area contributed by atoms with Gasteiger partial charge in [0.05, 0.1) is 6.61 Å². The molecule has 102 valence electrons. The lowest BCUT2D eigenvalue weighted by atomic mass is 10.2. The first kappa shape index (κ1) is 13.5. The summed E-state index contributed by atoms with van der Waals surface area (Å²) in [5.74, 6) is 0.824. The predicted molar refractivity (Wildman–Crippen MR) is 72.3 cm³/mol. The zero-order chi connectivity index (χ0) is 13.7. The van der Waals surface area contributed by atoms with Gasteiger partial charge in [0.25, 0.3) is 0 Å². The number of nitrogens with zero attached hydrogens (tertiary/aromatic N) is 1. The molecule has 0 saturated heterocycles. The van der Waals surface area contributed by atoms with Crippen molar-refractivity contribution in [2.24, 2.45) is 0 Å². The van der Waals surface area contributed by atoms with Gasteiger partial charge >= 0.3 is 6.09 Å². The molecule has 1 aromatic rings. The Hall–Kier alpha value is -1.97. The van der Waals surface area contributed by atoms with E-state index in [9.17, 15) is 4.79 Å². The summed E-state index contributed by atoms with van der Waals surface area (Å²) in [5, 5.41) is 0. The maximum Gasteiger partial charge on any atom is 0.414 e. The maximum atomic E-state index is 11.7. The topological polar surface area (TPSA) is 38.8 Å². The van der Waals surface area contributed by atoms with Crippen LogP contribution >= 0.6 is 0 Å². The zero-order valence-electron chi connectivity index (χ0n) is 11.3. The number of hydrogen-bond acceptors (Lipinski definition) is 3. The summed E-state index contributed by atoms with van der Waals surface area (Å²) in [6.07, 6.45) is 2.16. The smallest absolute Gasteiger partial charge is 0.414 e. The molecule has 1 aromatic carbocycles. The lowest BCUT2D eigenvalue weighted by Crippen LogP contribution is -2.31. The summed E-state index contributed by atoms with van der Waals surface area (Å²) in [7, 11) is 0. The molecule has 0 saturated carbocycles. The highest BCUT2D eigenvalue weighted by Gasteiger charge is 2.27. The molecule has 0 fully saturated rings. The predicted octanol–water partition coefficient (Wildman–Crippen LogP) is 3.30. The fraction of sp³-hybridized carbons (Fsp3) is 0.400. The summed E-state index contributed by atoms with van der Waals surface area (Å²) >= 11 is 0. The van der Waals surface area contributed by atoms with Crippen molar-refractivity contribution in [3.8, 4) is 0 Å². The van der Waals surface area contributed by atoms with Crippen LogP contribution in [0.15, 0.2) is 42.3 Å². The Kier molecular flexibility index (Phi) is 4.44. The summed E-state index contributed by atoms with van der Waals surface area (Å²) in [6, 6.07) is 10.1. The monoisotopic (exact) mass is 261 g/mol. The van der Waals surface area contributed by atoms with Gasteiger partial charge in [-0.2, -0.15) is 0 Å². The molecule has 0 N–H and O–H groups in total. The fourth-order valence-electron chi connectivity index (χ4n) is 2.00. The second kappa shape index (κ2) is 6.27. The molecule has 4 heteroatoms. The minimum absolute atomic E-state index is 0.0878. The molecular formula is C15H19NO3. The van der Waals surface area contributed by atoms with Gasteiger partial charge < -0.3 is 9.47 Å². The summed E-state index contributed by atoms with van der Waals surface area (Å²) < 4.78 is 10.7. The highest BCUT2D eigenvalue weighted by Crippen LogP contribution is 2.23. The van der Waals surface area contributed by atoms with Crippen molar-refractivity contribution in [2.45, 2.75) is 32.9 Å². The fourth-order valence-corrected chi connectivity index (χ4v) is 2.00. The van der Waals surface area contributed by atoms with Gasteiger partial charge in [0.1, 0.15) is 12.4 Å². The first-order valence-electron chi connectivity index (χ1n) is 6.53. The maximum absolute atomic E-state index is 11.7. The van der Waals surface area contributed by atoms with Crippen LogP contribution < -0.4 is 0 Å². The van der Waals surface area contributed by atoms with E-state index < -0.39 is 0 Å². The van der Waals surface area contributed by atoms with Gasteiger partial charge in [0.15, 0.2) is 0 Å². The third kappa shape index (κ3) is 3.50. The molecule has 19 heavy (non-hydrogen) atoms. The lowest BCUT2D eigenvalue weighted by Gasteiger charge is -2.17. The lowest BCUT2D eigenvalue weighted by molar-refractivity contribution is 0.115. The summed E-state index contributed by atoms with van der Waals surface area (Å²) in [5.41, 5.74) is 1.12. The second-order valence-corrected chi connectivity index (χ2v) is 4.53. The number of ether oxygens (including phenoxy) is 2. The van der Waals surface area contributed by atoms with Crippen molar-refractivity contribution in [2.75, 3.05) is 6.61 Å². The zero-order valence-corrected chi connectivity index (χ0v) is 11.3. The molecule has 0 spiro atoms. The van der Waals surface area contributed by atoms with Crippen LogP contribution in [-0.4, -0.2) is 23.6 Å². The van der Waals surface area contributed by atoms with E-state index in [0.29, 0.717) is 13.2 Å². The molecule has 2 rings (SSSR count). The first-order valence-corrected chi connectivity index (χ1v) is 6.53. The third-order valence-corrected chi connectivity index (χ3v) is 3.00. The first-order chi connectivity index (χ1) is 9.20. The van der Waals surface area contributed by atoms with E-state index in [4.69, 9.17) is 9.47 Å². The van der Waals surface area contributed by atoms with E-state index in [1.54, 1.807) is 18.0 Å². The van der Waals surface area contributed by atoms with Gasteiger partial charge in [-0.05, 0) is 19.4 Å². The van der Waals surface area contributed by atoms with E-state index in [0.717, 1.165) is 17.7 Å².